The van der Waals surface area contributed by atoms with Crippen molar-refractivity contribution in [2.75, 3.05) is 0 Å². The Labute approximate surface area is 174 Å². The van der Waals surface area contributed by atoms with Gasteiger partial charge in [0.1, 0.15) is 11.5 Å². The third-order valence-corrected chi connectivity index (χ3v) is 5.25. The van der Waals surface area contributed by atoms with Gasteiger partial charge in [-0.3, -0.25) is 9.36 Å². The summed E-state index contributed by atoms with van der Waals surface area (Å²) in [5.41, 5.74) is 1.29. The van der Waals surface area contributed by atoms with Crippen LogP contribution in [0.4, 0.5) is 4.39 Å². The minimum absolute atomic E-state index is 0.0204. The summed E-state index contributed by atoms with van der Waals surface area (Å²) < 4.78 is 15.3. The number of aromatic nitrogens is 1. The highest BCUT2D eigenvalue weighted by Gasteiger charge is 2.23. The Morgan fingerprint density at radius 1 is 0.966 bits per heavy atom. The van der Waals surface area contributed by atoms with Gasteiger partial charge < -0.3 is 5.11 Å². The molecule has 0 atom stereocenters. The number of nitrogens with zero attached hydrogens (tertiary/aromatic N) is 1. The SMILES string of the molecule is O=C(O)c1c(-c2ccccc2)c2cc(Br)ccc2c(=O)n1Cc1ccc(F)cc1. The summed E-state index contributed by atoms with van der Waals surface area (Å²) in [7, 11) is 0. The molecule has 29 heavy (non-hydrogen) atoms. The molecule has 6 heteroatoms. The summed E-state index contributed by atoms with van der Waals surface area (Å²) in [4.78, 5) is 25.5. The quantitative estimate of drug-likeness (QED) is 0.456. The van der Waals surface area contributed by atoms with Gasteiger partial charge in [0.25, 0.3) is 5.56 Å². The van der Waals surface area contributed by atoms with Crippen molar-refractivity contribution in [2.45, 2.75) is 6.54 Å². The molecule has 0 bridgehead atoms. The molecule has 0 radical (unpaired) electrons. The van der Waals surface area contributed by atoms with E-state index in [-0.39, 0.29) is 12.2 Å². The van der Waals surface area contributed by atoms with E-state index in [1.165, 1.54) is 16.7 Å². The number of carbonyl (C=O) groups is 1. The van der Waals surface area contributed by atoms with Crippen LogP contribution in [-0.4, -0.2) is 15.6 Å². The molecule has 3 aromatic carbocycles. The molecule has 1 aromatic heterocycles. The fourth-order valence-corrected chi connectivity index (χ4v) is 3.82. The number of halogens is 2. The molecule has 4 nitrogen and oxygen atoms in total. The van der Waals surface area contributed by atoms with E-state index in [0.29, 0.717) is 27.5 Å². The van der Waals surface area contributed by atoms with Crippen molar-refractivity contribution in [3.8, 4) is 11.1 Å². The third-order valence-electron chi connectivity index (χ3n) is 4.75. The molecule has 0 fully saturated rings. The molecule has 1 heterocycles. The molecule has 0 amide bonds. The number of benzene rings is 3. The normalized spacial score (nSPS) is 11.0. The van der Waals surface area contributed by atoms with E-state index in [0.717, 1.165) is 4.47 Å². The number of pyridine rings is 1. The van der Waals surface area contributed by atoms with Crippen LogP contribution in [0.2, 0.25) is 0 Å². The lowest BCUT2D eigenvalue weighted by molar-refractivity contribution is 0.0685. The van der Waals surface area contributed by atoms with Crippen LogP contribution in [0.1, 0.15) is 16.1 Å². The molecule has 4 aromatic rings. The predicted molar refractivity (Wildman–Crippen MR) is 114 cm³/mol. The number of hydrogen-bond donors (Lipinski definition) is 1. The number of aromatic carboxylic acids is 1. The lowest BCUT2D eigenvalue weighted by Gasteiger charge is -2.18. The van der Waals surface area contributed by atoms with E-state index in [1.54, 1.807) is 30.3 Å². The molecule has 0 aliphatic heterocycles. The average molecular weight is 452 g/mol. The molecular formula is C23H15BrFNO3. The summed E-state index contributed by atoms with van der Waals surface area (Å²) in [6.45, 7) is 0.0204. The first kappa shape index (κ1) is 19.1. The molecule has 0 saturated heterocycles. The maximum Gasteiger partial charge on any atom is 0.353 e. The van der Waals surface area contributed by atoms with Crippen molar-refractivity contribution in [3.05, 3.63) is 105 Å². The Balaban J connectivity index is 2.10. The zero-order chi connectivity index (χ0) is 20.5. The standard InChI is InChI=1S/C23H15BrFNO3/c24-16-8-11-18-19(12-16)20(15-4-2-1-3-5-15)21(23(28)29)26(22(18)27)13-14-6-9-17(25)10-7-14/h1-12H,13H2,(H,28,29). The van der Waals surface area contributed by atoms with Crippen LogP contribution in [0.15, 0.2) is 82.1 Å². The van der Waals surface area contributed by atoms with Gasteiger partial charge in [-0.05, 0) is 46.8 Å². The minimum atomic E-state index is -1.20. The van der Waals surface area contributed by atoms with E-state index in [4.69, 9.17) is 0 Å². The topological polar surface area (TPSA) is 59.3 Å². The molecule has 0 spiro atoms. The zero-order valence-corrected chi connectivity index (χ0v) is 16.7. The Hall–Kier alpha value is -3.25. The average Bonchev–Trinajstić information content (AvgIpc) is 2.71. The van der Waals surface area contributed by atoms with Gasteiger partial charge >= 0.3 is 5.97 Å². The number of fused-ring (bicyclic) bond motifs is 1. The lowest BCUT2D eigenvalue weighted by Crippen LogP contribution is -2.28. The van der Waals surface area contributed by atoms with Crippen molar-refractivity contribution in [3.63, 3.8) is 0 Å². The van der Waals surface area contributed by atoms with Gasteiger partial charge in [0.15, 0.2) is 0 Å². The Kier molecular flexibility index (Phi) is 5.03. The fourth-order valence-electron chi connectivity index (χ4n) is 3.46. The number of rotatable bonds is 4. The van der Waals surface area contributed by atoms with E-state index in [9.17, 15) is 19.1 Å². The minimum Gasteiger partial charge on any atom is -0.477 e. The van der Waals surface area contributed by atoms with Crippen LogP contribution in [0, 0.1) is 5.82 Å². The highest BCUT2D eigenvalue weighted by molar-refractivity contribution is 9.10. The van der Waals surface area contributed by atoms with Crippen molar-refractivity contribution in [2.24, 2.45) is 0 Å². The Morgan fingerprint density at radius 2 is 1.66 bits per heavy atom. The van der Waals surface area contributed by atoms with Gasteiger partial charge in [0.2, 0.25) is 0 Å². The third kappa shape index (κ3) is 3.59. The monoisotopic (exact) mass is 451 g/mol. The molecule has 0 saturated carbocycles. The van der Waals surface area contributed by atoms with E-state index < -0.39 is 17.3 Å². The van der Waals surface area contributed by atoms with Crippen molar-refractivity contribution < 1.29 is 14.3 Å². The lowest BCUT2D eigenvalue weighted by atomic mass is 9.96. The second-order valence-corrected chi connectivity index (χ2v) is 7.52. The predicted octanol–water partition coefficient (Wildman–Crippen LogP) is 5.32. The molecule has 0 unspecified atom stereocenters. The van der Waals surface area contributed by atoms with E-state index >= 15 is 0 Å². The molecule has 4 rings (SSSR count). The second kappa shape index (κ2) is 7.64. The number of hydrogen-bond acceptors (Lipinski definition) is 2. The molecule has 144 valence electrons. The van der Waals surface area contributed by atoms with Crippen molar-refractivity contribution in [1.82, 2.24) is 4.57 Å². The largest absolute Gasteiger partial charge is 0.477 e. The summed E-state index contributed by atoms with van der Waals surface area (Å²) in [5, 5.41) is 11.0. The van der Waals surface area contributed by atoms with Crippen LogP contribution < -0.4 is 5.56 Å². The highest BCUT2D eigenvalue weighted by atomic mass is 79.9. The molecule has 1 N–H and O–H groups in total. The maximum atomic E-state index is 13.3. The molecule has 0 aliphatic carbocycles. The van der Waals surface area contributed by atoms with Gasteiger partial charge in [-0.25, -0.2) is 9.18 Å². The first-order chi connectivity index (χ1) is 14.0. The number of carboxylic acids is 1. The second-order valence-electron chi connectivity index (χ2n) is 6.60. The van der Waals surface area contributed by atoms with Crippen LogP contribution in [0.25, 0.3) is 21.9 Å². The van der Waals surface area contributed by atoms with Crippen LogP contribution >= 0.6 is 15.9 Å². The van der Waals surface area contributed by atoms with Crippen LogP contribution in [0.3, 0.4) is 0 Å². The number of carboxylic acid groups (broad SMARTS) is 1. The first-order valence-electron chi connectivity index (χ1n) is 8.85. The summed E-state index contributed by atoms with van der Waals surface area (Å²) in [5.74, 6) is -1.60. The highest BCUT2D eigenvalue weighted by Crippen LogP contribution is 2.32. The Morgan fingerprint density at radius 3 is 2.31 bits per heavy atom. The molecular weight excluding hydrogens is 437 g/mol. The summed E-state index contributed by atoms with van der Waals surface area (Å²) in [6.07, 6.45) is 0. The van der Waals surface area contributed by atoms with Gasteiger partial charge in [-0.2, -0.15) is 0 Å². The van der Waals surface area contributed by atoms with E-state index in [2.05, 4.69) is 15.9 Å². The zero-order valence-electron chi connectivity index (χ0n) is 15.1. The van der Waals surface area contributed by atoms with Crippen molar-refractivity contribution in [1.29, 1.82) is 0 Å². The maximum absolute atomic E-state index is 13.3. The van der Waals surface area contributed by atoms with Gasteiger partial charge in [0, 0.05) is 15.4 Å². The van der Waals surface area contributed by atoms with Gasteiger partial charge in [-0.1, -0.05) is 58.4 Å². The van der Waals surface area contributed by atoms with E-state index in [1.807, 2.05) is 30.3 Å². The van der Waals surface area contributed by atoms with Crippen LogP contribution in [-0.2, 0) is 6.54 Å². The first-order valence-corrected chi connectivity index (χ1v) is 9.64. The molecule has 0 aliphatic rings. The fraction of sp³-hybridized carbons (Fsp3) is 0.0435. The Bertz CT molecular complexity index is 1280. The smallest absolute Gasteiger partial charge is 0.353 e. The van der Waals surface area contributed by atoms with Crippen LogP contribution in [0.5, 0.6) is 0 Å². The summed E-state index contributed by atoms with van der Waals surface area (Å²) >= 11 is 3.41. The van der Waals surface area contributed by atoms with Gasteiger partial charge in [0.05, 0.1) is 6.54 Å². The van der Waals surface area contributed by atoms with Crippen molar-refractivity contribution >= 4 is 32.7 Å². The summed E-state index contributed by atoms with van der Waals surface area (Å²) in [6, 6.07) is 20.0. The van der Waals surface area contributed by atoms with Gasteiger partial charge in [-0.15, -0.1) is 0 Å².